The first-order valence-electron chi connectivity index (χ1n) is 5.25. The minimum atomic E-state index is -1.47. The predicted molar refractivity (Wildman–Crippen MR) is 98.0 cm³/mol. The van der Waals surface area contributed by atoms with E-state index in [9.17, 15) is 0 Å². The van der Waals surface area contributed by atoms with Gasteiger partial charge in [0.2, 0.25) is 0 Å². The van der Waals surface area contributed by atoms with Gasteiger partial charge in [0.25, 0.3) is 0 Å². The second kappa shape index (κ2) is 8.57. The molecule has 1 aliphatic carbocycles. The molecule has 0 unspecified atom stereocenters. The molecule has 0 N–H and O–H groups in total. The number of benzene rings is 1. The summed E-state index contributed by atoms with van der Waals surface area (Å²) >= 11 is 44.7. The van der Waals surface area contributed by atoms with Crippen molar-refractivity contribution in [2.24, 2.45) is 0 Å². The Morgan fingerprint density at radius 2 is 1.24 bits per heavy atom. The Morgan fingerprint density at radius 3 is 1.52 bits per heavy atom. The maximum atomic E-state index is 5.68. The average molecular weight is 446 g/mol. The lowest BCUT2D eigenvalue weighted by molar-refractivity contribution is 1.24. The molecule has 0 atom stereocenters. The van der Waals surface area contributed by atoms with E-state index in [1.165, 1.54) is 0 Å². The molecule has 0 saturated carbocycles. The van der Waals surface area contributed by atoms with Crippen molar-refractivity contribution in [2.75, 3.05) is 0 Å². The second-order valence-electron chi connectivity index (χ2n) is 3.67. The lowest BCUT2D eigenvalue weighted by Crippen LogP contribution is -2.09. The van der Waals surface area contributed by atoms with Crippen LogP contribution in [0.15, 0.2) is 55.0 Å². The third kappa shape index (κ3) is 5.41. The van der Waals surface area contributed by atoms with Crippen molar-refractivity contribution in [2.45, 2.75) is 4.33 Å². The third-order valence-electron chi connectivity index (χ3n) is 2.20. The fourth-order valence-corrected chi connectivity index (χ4v) is 3.06. The van der Waals surface area contributed by atoms with Crippen LogP contribution in [-0.4, -0.2) is 4.33 Å². The molecular formula is C13H6Cl8. The van der Waals surface area contributed by atoms with E-state index in [2.05, 4.69) is 0 Å². The summed E-state index contributed by atoms with van der Waals surface area (Å²) in [6, 6.07) is 9.68. The van der Waals surface area contributed by atoms with Gasteiger partial charge in [0.15, 0.2) is 4.33 Å². The van der Waals surface area contributed by atoms with E-state index in [0.29, 0.717) is 0 Å². The van der Waals surface area contributed by atoms with Crippen LogP contribution in [0, 0.1) is 0 Å². The molecule has 0 nitrogen and oxygen atoms in total. The molecule has 0 fully saturated rings. The molecule has 21 heavy (non-hydrogen) atoms. The van der Waals surface area contributed by atoms with Gasteiger partial charge >= 0.3 is 0 Å². The zero-order valence-electron chi connectivity index (χ0n) is 9.99. The van der Waals surface area contributed by atoms with Crippen LogP contribution in [0.25, 0.3) is 6.08 Å². The number of alkyl halides is 2. The van der Waals surface area contributed by atoms with E-state index >= 15 is 0 Å². The summed E-state index contributed by atoms with van der Waals surface area (Å²) in [5.74, 6) is 0. The summed E-state index contributed by atoms with van der Waals surface area (Å²) in [5, 5.41) is 0.279. The van der Waals surface area contributed by atoms with E-state index in [1.807, 2.05) is 30.3 Å². The van der Waals surface area contributed by atoms with Gasteiger partial charge in [-0.15, -0.1) is 0 Å². The number of hydrogen-bond acceptors (Lipinski definition) is 0. The molecule has 8 heteroatoms. The molecular weight excluding hydrogens is 440 g/mol. The Balaban J connectivity index is 0.000000211. The van der Waals surface area contributed by atoms with E-state index in [0.717, 1.165) is 5.56 Å². The molecule has 0 spiro atoms. The van der Waals surface area contributed by atoms with Crippen molar-refractivity contribution < 1.29 is 0 Å². The zero-order valence-corrected chi connectivity index (χ0v) is 16.0. The first kappa shape index (κ1) is 19.8. The summed E-state index contributed by atoms with van der Waals surface area (Å²) in [7, 11) is 0. The van der Waals surface area contributed by atoms with Crippen LogP contribution < -0.4 is 0 Å². The first-order valence-corrected chi connectivity index (χ1v) is 8.27. The quantitative estimate of drug-likeness (QED) is 0.384. The average Bonchev–Trinajstić information content (AvgIpc) is 2.56. The lowest BCUT2D eigenvalue weighted by Gasteiger charge is -2.11. The van der Waals surface area contributed by atoms with Crippen LogP contribution in [0.1, 0.15) is 5.56 Å². The molecule has 0 aromatic heterocycles. The number of halogens is 8. The maximum absolute atomic E-state index is 5.68. The highest BCUT2D eigenvalue weighted by Gasteiger charge is 2.42. The summed E-state index contributed by atoms with van der Waals surface area (Å²) < 4.78 is -1.19. The fraction of sp³-hybridized carbons (Fsp3) is 0.0769. The smallest absolute Gasteiger partial charge is 0.0888 e. The molecule has 114 valence electrons. The predicted octanol–water partition coefficient (Wildman–Crippen LogP) is 8.01. The normalized spacial score (nSPS) is 16.6. The van der Waals surface area contributed by atoms with E-state index in [-0.39, 0.29) is 24.6 Å². The summed E-state index contributed by atoms with van der Waals surface area (Å²) in [4.78, 5) is 0. The first-order chi connectivity index (χ1) is 9.67. The fourth-order valence-electron chi connectivity index (χ4n) is 1.24. The van der Waals surface area contributed by atoms with Crippen LogP contribution in [0.3, 0.4) is 0 Å². The molecule has 1 aromatic rings. The van der Waals surface area contributed by atoms with Crippen LogP contribution in [0.5, 0.6) is 0 Å². The van der Waals surface area contributed by atoms with Crippen molar-refractivity contribution in [3.8, 4) is 0 Å². The molecule has 0 bridgehead atoms. The van der Waals surface area contributed by atoms with E-state index < -0.39 is 4.33 Å². The van der Waals surface area contributed by atoms with Crippen molar-refractivity contribution in [3.63, 3.8) is 0 Å². The highest BCUT2D eigenvalue weighted by Crippen LogP contribution is 2.53. The Morgan fingerprint density at radius 1 is 0.810 bits per heavy atom. The Labute approximate surface area is 162 Å². The van der Waals surface area contributed by atoms with Crippen molar-refractivity contribution in [3.05, 3.63) is 60.5 Å². The van der Waals surface area contributed by atoms with Gasteiger partial charge in [-0.25, -0.2) is 0 Å². The molecule has 0 saturated heterocycles. The van der Waals surface area contributed by atoms with Crippen LogP contribution in [0.4, 0.5) is 0 Å². The Kier molecular flexibility index (Phi) is 8.08. The van der Waals surface area contributed by atoms with Crippen LogP contribution >= 0.6 is 92.8 Å². The van der Waals surface area contributed by atoms with Crippen LogP contribution in [-0.2, 0) is 0 Å². The van der Waals surface area contributed by atoms with Gasteiger partial charge in [-0.3, -0.25) is 0 Å². The van der Waals surface area contributed by atoms with Gasteiger partial charge in [-0.1, -0.05) is 123 Å². The summed E-state index contributed by atoms with van der Waals surface area (Å²) in [6.45, 7) is 0. The largest absolute Gasteiger partial charge is 0.191 e. The molecule has 1 aromatic carbocycles. The minimum Gasteiger partial charge on any atom is -0.0888 e. The summed E-state index contributed by atoms with van der Waals surface area (Å²) in [5.41, 5.74) is 1.02. The Bertz CT molecular complexity index is 568. The van der Waals surface area contributed by atoms with E-state index in [1.54, 1.807) is 6.08 Å². The minimum absolute atomic E-state index is 0.0394. The highest BCUT2D eigenvalue weighted by atomic mass is 35.5. The summed E-state index contributed by atoms with van der Waals surface area (Å²) in [6.07, 6.45) is 1.70. The standard InChI is InChI=1S/C8H6Cl2.C5Cl6/c9-8(10)6-7-4-2-1-3-5-7;6-1-2(7)4(9)5(10,11)3(1)8/h1-6H;. The molecule has 0 heterocycles. The monoisotopic (exact) mass is 442 g/mol. The molecule has 0 amide bonds. The van der Waals surface area contributed by atoms with E-state index in [4.69, 9.17) is 92.8 Å². The van der Waals surface area contributed by atoms with Gasteiger partial charge in [0, 0.05) is 0 Å². The zero-order chi connectivity index (χ0) is 16.2. The molecule has 0 aliphatic heterocycles. The van der Waals surface area contributed by atoms with Crippen LogP contribution in [0.2, 0.25) is 0 Å². The topological polar surface area (TPSA) is 0 Å². The molecule has 2 rings (SSSR count). The lowest BCUT2D eigenvalue weighted by atomic mass is 10.2. The highest BCUT2D eigenvalue weighted by molar-refractivity contribution is 6.67. The number of rotatable bonds is 1. The van der Waals surface area contributed by atoms with Gasteiger partial charge in [-0.05, 0) is 11.6 Å². The Hall–Kier alpha value is 0.760. The van der Waals surface area contributed by atoms with Crippen molar-refractivity contribution in [1.82, 2.24) is 0 Å². The molecule has 0 radical (unpaired) electrons. The third-order valence-corrected chi connectivity index (χ3v) is 5.56. The van der Waals surface area contributed by atoms with Gasteiger partial charge in [0.05, 0.1) is 20.1 Å². The van der Waals surface area contributed by atoms with Crippen molar-refractivity contribution >= 4 is 98.9 Å². The molecule has 1 aliphatic rings. The SMILES string of the molecule is ClC(Cl)=Cc1ccccc1.ClC1=C(Cl)C(Cl)(Cl)C(Cl)=C1Cl. The number of allylic oxidation sites excluding steroid dienone is 4. The second-order valence-corrected chi connectivity index (χ2v) is 7.52. The van der Waals surface area contributed by atoms with Gasteiger partial charge in [0.1, 0.15) is 4.49 Å². The maximum Gasteiger partial charge on any atom is 0.191 e. The van der Waals surface area contributed by atoms with Gasteiger partial charge < -0.3 is 0 Å². The van der Waals surface area contributed by atoms with Gasteiger partial charge in [-0.2, -0.15) is 0 Å². The number of hydrogen-bond donors (Lipinski definition) is 0. The van der Waals surface area contributed by atoms with Crippen molar-refractivity contribution in [1.29, 1.82) is 0 Å².